The summed E-state index contributed by atoms with van der Waals surface area (Å²) < 4.78 is 32.6. The molecule has 110 valence electrons. The number of carbonyl (C=O) groups excluding carboxylic acids is 1. The summed E-state index contributed by atoms with van der Waals surface area (Å²) in [5.41, 5.74) is -0.295. The van der Waals surface area contributed by atoms with Crippen LogP contribution in [0, 0.1) is 11.6 Å². The second-order valence-electron chi connectivity index (χ2n) is 3.97. The number of halogens is 3. The number of esters is 1. The summed E-state index contributed by atoms with van der Waals surface area (Å²) in [6, 6.07) is 6.45. The SMILES string of the molecule is CCOC(=O)c1ccc(Br)nc1Nc1c(F)cccc1F. The summed E-state index contributed by atoms with van der Waals surface area (Å²) in [5, 5.41) is 2.50. The zero-order valence-electron chi connectivity index (χ0n) is 11.0. The Morgan fingerprint density at radius 1 is 1.29 bits per heavy atom. The number of nitrogens with one attached hydrogen (secondary N) is 1. The van der Waals surface area contributed by atoms with E-state index in [1.165, 1.54) is 18.2 Å². The van der Waals surface area contributed by atoms with Gasteiger partial charge >= 0.3 is 5.97 Å². The van der Waals surface area contributed by atoms with Gasteiger partial charge in [-0.3, -0.25) is 0 Å². The van der Waals surface area contributed by atoms with E-state index in [1.54, 1.807) is 6.92 Å². The van der Waals surface area contributed by atoms with Crippen molar-refractivity contribution >= 4 is 33.4 Å². The van der Waals surface area contributed by atoms with Crippen molar-refractivity contribution in [2.75, 3.05) is 11.9 Å². The normalized spacial score (nSPS) is 10.3. The highest BCUT2D eigenvalue weighted by molar-refractivity contribution is 9.10. The predicted octanol–water partition coefficient (Wildman–Crippen LogP) is 4.04. The summed E-state index contributed by atoms with van der Waals surface area (Å²) >= 11 is 3.14. The standard InChI is InChI=1S/C14H11BrF2N2O2/c1-2-21-14(20)8-6-7-11(15)18-13(8)19-12-9(16)4-3-5-10(12)17/h3-7H,2H2,1H3,(H,18,19). The lowest BCUT2D eigenvalue weighted by atomic mass is 10.2. The van der Waals surface area contributed by atoms with Gasteiger partial charge in [-0.25, -0.2) is 18.6 Å². The Hall–Kier alpha value is -2.02. The molecule has 4 nitrogen and oxygen atoms in total. The van der Waals surface area contributed by atoms with Gasteiger partial charge in [0.25, 0.3) is 0 Å². The van der Waals surface area contributed by atoms with Gasteiger partial charge in [0.2, 0.25) is 0 Å². The molecule has 0 fully saturated rings. The van der Waals surface area contributed by atoms with Crippen LogP contribution in [0.3, 0.4) is 0 Å². The molecule has 0 radical (unpaired) electrons. The highest BCUT2D eigenvalue weighted by Gasteiger charge is 2.17. The second-order valence-corrected chi connectivity index (χ2v) is 4.78. The molecule has 1 N–H and O–H groups in total. The molecule has 0 unspecified atom stereocenters. The molecule has 2 aromatic rings. The molecule has 1 aromatic heterocycles. The second kappa shape index (κ2) is 6.62. The van der Waals surface area contributed by atoms with Gasteiger partial charge in [0.1, 0.15) is 33.3 Å². The number of carbonyl (C=O) groups is 1. The first-order valence-corrected chi connectivity index (χ1v) is 6.87. The average molecular weight is 357 g/mol. The molecule has 0 atom stereocenters. The minimum absolute atomic E-state index is 0.00632. The Labute approximate surface area is 128 Å². The number of hydrogen-bond acceptors (Lipinski definition) is 4. The molecule has 0 amide bonds. The van der Waals surface area contributed by atoms with Crippen molar-refractivity contribution in [3.8, 4) is 0 Å². The first-order chi connectivity index (χ1) is 10.0. The molecule has 0 saturated carbocycles. The topological polar surface area (TPSA) is 51.2 Å². The number of nitrogens with zero attached hydrogens (tertiary/aromatic N) is 1. The van der Waals surface area contributed by atoms with E-state index in [2.05, 4.69) is 26.2 Å². The summed E-state index contributed by atoms with van der Waals surface area (Å²) in [7, 11) is 0. The Morgan fingerprint density at radius 3 is 2.57 bits per heavy atom. The third kappa shape index (κ3) is 3.55. The van der Waals surface area contributed by atoms with E-state index < -0.39 is 17.6 Å². The van der Waals surface area contributed by atoms with Crippen molar-refractivity contribution in [1.29, 1.82) is 0 Å². The summed E-state index contributed by atoms with van der Waals surface area (Å²) in [6.07, 6.45) is 0. The summed E-state index contributed by atoms with van der Waals surface area (Å²) in [5.74, 6) is -2.19. The molecule has 2 rings (SSSR count). The fourth-order valence-electron chi connectivity index (χ4n) is 1.64. The van der Waals surface area contributed by atoms with Crippen LogP contribution in [0.25, 0.3) is 0 Å². The van der Waals surface area contributed by atoms with E-state index in [1.807, 2.05) is 0 Å². The molecule has 1 heterocycles. The van der Waals surface area contributed by atoms with Crippen molar-refractivity contribution < 1.29 is 18.3 Å². The Morgan fingerprint density at radius 2 is 1.95 bits per heavy atom. The van der Waals surface area contributed by atoms with E-state index in [-0.39, 0.29) is 23.7 Å². The smallest absolute Gasteiger partial charge is 0.341 e. The molecule has 0 aliphatic rings. The molecule has 1 aromatic carbocycles. The van der Waals surface area contributed by atoms with Gasteiger partial charge < -0.3 is 10.1 Å². The molecule has 7 heteroatoms. The number of aromatic nitrogens is 1. The monoisotopic (exact) mass is 356 g/mol. The molecular weight excluding hydrogens is 346 g/mol. The van der Waals surface area contributed by atoms with Gasteiger partial charge in [-0.05, 0) is 47.1 Å². The zero-order valence-corrected chi connectivity index (χ0v) is 12.6. The number of anilines is 2. The van der Waals surface area contributed by atoms with Crippen molar-refractivity contribution in [1.82, 2.24) is 4.98 Å². The van der Waals surface area contributed by atoms with Gasteiger partial charge in [0, 0.05) is 0 Å². The van der Waals surface area contributed by atoms with Gasteiger partial charge in [-0.1, -0.05) is 6.07 Å². The van der Waals surface area contributed by atoms with Crippen molar-refractivity contribution in [2.45, 2.75) is 6.92 Å². The minimum atomic E-state index is -0.786. The van der Waals surface area contributed by atoms with E-state index in [9.17, 15) is 13.6 Å². The number of rotatable bonds is 4. The lowest BCUT2D eigenvalue weighted by molar-refractivity contribution is 0.0527. The molecule has 0 spiro atoms. The molecule has 0 aliphatic heterocycles. The van der Waals surface area contributed by atoms with E-state index in [4.69, 9.17) is 4.74 Å². The van der Waals surface area contributed by atoms with E-state index in [0.29, 0.717) is 4.60 Å². The zero-order chi connectivity index (χ0) is 15.4. The summed E-state index contributed by atoms with van der Waals surface area (Å²) in [4.78, 5) is 15.9. The molecule has 21 heavy (non-hydrogen) atoms. The average Bonchev–Trinajstić information content (AvgIpc) is 2.43. The Balaban J connectivity index is 2.43. The highest BCUT2D eigenvalue weighted by Crippen LogP contribution is 2.26. The van der Waals surface area contributed by atoms with Crippen LogP contribution in [0.2, 0.25) is 0 Å². The lowest BCUT2D eigenvalue weighted by Gasteiger charge is -2.12. The quantitative estimate of drug-likeness (QED) is 0.663. The summed E-state index contributed by atoms with van der Waals surface area (Å²) in [6.45, 7) is 1.84. The Bertz CT molecular complexity index is 660. The number of pyridine rings is 1. The predicted molar refractivity (Wildman–Crippen MR) is 77.5 cm³/mol. The van der Waals surface area contributed by atoms with Crippen LogP contribution in [0.5, 0.6) is 0 Å². The van der Waals surface area contributed by atoms with Crippen LogP contribution in [-0.4, -0.2) is 17.6 Å². The third-order valence-corrected chi connectivity index (χ3v) is 3.00. The number of ether oxygens (including phenoxy) is 1. The minimum Gasteiger partial charge on any atom is -0.462 e. The lowest BCUT2D eigenvalue weighted by Crippen LogP contribution is -2.10. The largest absolute Gasteiger partial charge is 0.462 e. The van der Waals surface area contributed by atoms with Crippen LogP contribution in [-0.2, 0) is 4.74 Å². The van der Waals surface area contributed by atoms with Gasteiger partial charge in [-0.2, -0.15) is 0 Å². The van der Waals surface area contributed by atoms with Crippen molar-refractivity contribution in [3.05, 3.63) is 52.1 Å². The number of benzene rings is 1. The van der Waals surface area contributed by atoms with Crippen LogP contribution >= 0.6 is 15.9 Å². The van der Waals surface area contributed by atoms with Crippen LogP contribution in [0.1, 0.15) is 17.3 Å². The number of para-hydroxylation sites is 1. The molecule has 0 bridgehead atoms. The van der Waals surface area contributed by atoms with Crippen LogP contribution < -0.4 is 5.32 Å². The first kappa shape index (κ1) is 15.4. The van der Waals surface area contributed by atoms with Crippen molar-refractivity contribution in [3.63, 3.8) is 0 Å². The maximum Gasteiger partial charge on any atom is 0.341 e. The van der Waals surface area contributed by atoms with Gasteiger partial charge in [0.15, 0.2) is 0 Å². The van der Waals surface area contributed by atoms with Gasteiger partial charge in [0.05, 0.1) is 6.61 Å². The molecule has 0 saturated heterocycles. The Kier molecular flexibility index (Phi) is 4.85. The first-order valence-electron chi connectivity index (χ1n) is 6.07. The highest BCUT2D eigenvalue weighted by atomic mass is 79.9. The van der Waals surface area contributed by atoms with Crippen LogP contribution in [0.15, 0.2) is 34.9 Å². The van der Waals surface area contributed by atoms with Crippen LogP contribution in [0.4, 0.5) is 20.3 Å². The fourth-order valence-corrected chi connectivity index (χ4v) is 1.95. The van der Waals surface area contributed by atoms with E-state index >= 15 is 0 Å². The third-order valence-electron chi connectivity index (χ3n) is 2.56. The van der Waals surface area contributed by atoms with E-state index in [0.717, 1.165) is 12.1 Å². The number of hydrogen-bond donors (Lipinski definition) is 1. The van der Waals surface area contributed by atoms with Gasteiger partial charge in [-0.15, -0.1) is 0 Å². The molecule has 0 aliphatic carbocycles. The maximum absolute atomic E-state index is 13.7. The molecular formula is C14H11BrF2N2O2. The maximum atomic E-state index is 13.7. The fraction of sp³-hybridized carbons (Fsp3) is 0.143. The van der Waals surface area contributed by atoms with Crippen molar-refractivity contribution in [2.24, 2.45) is 0 Å².